The van der Waals surface area contributed by atoms with Crippen LogP contribution in [0.5, 0.6) is 0 Å². The lowest BCUT2D eigenvalue weighted by atomic mass is 10.2. The Bertz CT molecular complexity index is 874. The molecular weight excluding hydrogens is 368 g/mol. The van der Waals surface area contributed by atoms with E-state index in [-0.39, 0.29) is 0 Å². The molecule has 0 radical (unpaired) electrons. The summed E-state index contributed by atoms with van der Waals surface area (Å²) < 4.78 is 2.85. The van der Waals surface area contributed by atoms with Crippen LogP contribution in [0.4, 0.5) is 0 Å². The summed E-state index contributed by atoms with van der Waals surface area (Å²) in [6, 6.07) is 26.0. The highest BCUT2D eigenvalue weighted by Gasteiger charge is 2.23. The molecule has 4 heteroatoms. The first-order valence-corrected chi connectivity index (χ1v) is 10.9. The van der Waals surface area contributed by atoms with E-state index < -0.39 is 0 Å². The summed E-state index contributed by atoms with van der Waals surface area (Å²) >= 11 is 7.65. The van der Waals surface area contributed by atoms with Gasteiger partial charge >= 0.3 is 0 Å². The van der Waals surface area contributed by atoms with E-state index in [4.69, 9.17) is 0 Å². The number of benzene rings is 2. The summed E-state index contributed by atoms with van der Waals surface area (Å²) in [6.45, 7) is 0. The van der Waals surface area contributed by atoms with Crippen molar-refractivity contribution in [3.05, 3.63) is 72.8 Å². The van der Waals surface area contributed by atoms with Crippen molar-refractivity contribution in [2.45, 2.75) is 18.2 Å². The number of hydrogen-bond acceptors (Lipinski definition) is 4. The molecule has 1 aliphatic rings. The van der Waals surface area contributed by atoms with Gasteiger partial charge in [-0.3, -0.25) is 0 Å². The van der Waals surface area contributed by atoms with Gasteiger partial charge in [0.05, 0.1) is 8.42 Å². The van der Waals surface area contributed by atoms with Gasteiger partial charge in [-0.1, -0.05) is 84.2 Å². The predicted octanol–water partition coefficient (Wildman–Crippen LogP) is 7.76. The van der Waals surface area contributed by atoms with Crippen molar-refractivity contribution < 1.29 is 0 Å². The lowest BCUT2D eigenvalue weighted by molar-refractivity contribution is 1.29. The average molecular weight is 381 g/mol. The summed E-state index contributed by atoms with van der Waals surface area (Å²) in [4.78, 5) is 5.51. The van der Waals surface area contributed by atoms with E-state index in [9.17, 15) is 0 Å². The van der Waals surface area contributed by atoms with E-state index in [1.54, 1.807) is 0 Å². The molecule has 2 aromatic heterocycles. The topological polar surface area (TPSA) is 0 Å². The summed E-state index contributed by atoms with van der Waals surface area (Å²) in [7, 11) is 0. The molecule has 0 amide bonds. The Kier molecular flexibility index (Phi) is 3.78. The summed E-state index contributed by atoms with van der Waals surface area (Å²) in [5.74, 6) is 0. The Morgan fingerprint density at radius 2 is 0.958 bits per heavy atom. The average Bonchev–Trinajstić information content (AvgIpc) is 3.24. The second-order valence-electron chi connectivity index (χ2n) is 5.46. The zero-order chi connectivity index (χ0) is 15.9. The number of rotatable bonds is 2. The van der Waals surface area contributed by atoms with Crippen molar-refractivity contribution in [3.8, 4) is 20.9 Å². The molecule has 0 saturated heterocycles. The molecule has 0 spiro atoms. The highest BCUT2D eigenvalue weighted by molar-refractivity contribution is 8.07. The molecule has 0 bridgehead atoms. The Labute approximate surface area is 157 Å². The van der Waals surface area contributed by atoms with Crippen molar-refractivity contribution in [3.63, 3.8) is 0 Å². The van der Waals surface area contributed by atoms with E-state index in [2.05, 4.69) is 72.8 Å². The fourth-order valence-corrected chi connectivity index (χ4v) is 8.20. The van der Waals surface area contributed by atoms with Crippen LogP contribution in [0.1, 0.15) is 0 Å². The molecule has 1 aliphatic heterocycles. The number of hydrogen-bond donors (Lipinski definition) is 0. The van der Waals surface area contributed by atoms with Crippen LogP contribution in [0.3, 0.4) is 0 Å². The first kappa shape index (κ1) is 14.8. The van der Waals surface area contributed by atoms with E-state index in [1.807, 2.05) is 46.2 Å². The van der Waals surface area contributed by atoms with Gasteiger partial charge in [-0.25, -0.2) is 0 Å². The minimum absolute atomic E-state index is 1.31. The van der Waals surface area contributed by atoms with Gasteiger partial charge in [0, 0.05) is 19.5 Å². The second-order valence-corrected chi connectivity index (χ2v) is 10.2. The van der Waals surface area contributed by atoms with Gasteiger partial charge < -0.3 is 0 Å². The maximum Gasteiger partial charge on any atom is 0.0800 e. The smallest absolute Gasteiger partial charge is 0.0800 e. The van der Waals surface area contributed by atoms with Gasteiger partial charge in [0.2, 0.25) is 0 Å². The molecule has 0 unspecified atom stereocenters. The third kappa shape index (κ3) is 2.64. The van der Waals surface area contributed by atoms with E-state index in [0.29, 0.717) is 0 Å². The molecule has 0 saturated carbocycles. The van der Waals surface area contributed by atoms with Crippen molar-refractivity contribution in [1.29, 1.82) is 0 Å². The Morgan fingerprint density at radius 3 is 1.42 bits per heavy atom. The lowest BCUT2D eigenvalue weighted by Crippen LogP contribution is -1.77. The Hall–Kier alpha value is -1.46. The molecule has 0 aliphatic carbocycles. The van der Waals surface area contributed by atoms with Crippen LogP contribution in [0.25, 0.3) is 20.9 Å². The zero-order valence-electron chi connectivity index (χ0n) is 12.6. The second kappa shape index (κ2) is 6.12. The zero-order valence-corrected chi connectivity index (χ0v) is 15.8. The lowest BCUT2D eigenvalue weighted by Gasteiger charge is -2.08. The third-order valence-corrected chi connectivity index (χ3v) is 9.22. The van der Waals surface area contributed by atoms with Crippen molar-refractivity contribution in [2.24, 2.45) is 0 Å². The van der Waals surface area contributed by atoms with Crippen molar-refractivity contribution in [2.75, 3.05) is 0 Å². The fraction of sp³-hybridized carbons (Fsp3) is 0. The van der Waals surface area contributed by atoms with Crippen LogP contribution >= 0.6 is 46.2 Å². The molecule has 0 N–H and O–H groups in total. The van der Waals surface area contributed by atoms with E-state index in [1.165, 1.54) is 39.1 Å². The molecule has 3 heterocycles. The largest absolute Gasteiger partial charge is 0.127 e. The first-order valence-electron chi connectivity index (χ1n) is 7.61. The van der Waals surface area contributed by atoms with Crippen LogP contribution in [-0.4, -0.2) is 0 Å². The fourth-order valence-electron chi connectivity index (χ4n) is 2.69. The van der Waals surface area contributed by atoms with E-state index >= 15 is 0 Å². The quantitative estimate of drug-likeness (QED) is 0.307. The third-order valence-electron chi connectivity index (χ3n) is 3.85. The summed E-state index contributed by atoms with van der Waals surface area (Å²) in [5.41, 5.74) is 2.62. The predicted molar refractivity (Wildman–Crippen MR) is 108 cm³/mol. The van der Waals surface area contributed by atoms with Crippen LogP contribution in [-0.2, 0) is 0 Å². The van der Waals surface area contributed by atoms with Gasteiger partial charge in [-0.05, 0) is 23.3 Å². The normalized spacial score (nSPS) is 12.7. The standard InChI is InChI=1S/C20H12S4/c1-3-7-13(8-4-1)15-11-17-19(22-15)24-20-18(21-17)12-16(23-20)14-9-5-2-6-10-14/h1-12H. The number of thiophene rings is 2. The minimum atomic E-state index is 1.31. The molecule has 4 aromatic rings. The molecule has 24 heavy (non-hydrogen) atoms. The summed E-state index contributed by atoms with van der Waals surface area (Å²) in [6.07, 6.45) is 0. The molecule has 5 rings (SSSR count). The van der Waals surface area contributed by atoms with Gasteiger partial charge in [0.1, 0.15) is 0 Å². The van der Waals surface area contributed by atoms with Crippen LogP contribution in [0, 0.1) is 0 Å². The van der Waals surface area contributed by atoms with Gasteiger partial charge in [0.15, 0.2) is 0 Å². The van der Waals surface area contributed by atoms with Gasteiger partial charge in [0.25, 0.3) is 0 Å². The van der Waals surface area contributed by atoms with Crippen molar-refractivity contribution in [1.82, 2.24) is 0 Å². The van der Waals surface area contributed by atoms with Crippen LogP contribution in [0.2, 0.25) is 0 Å². The SMILES string of the molecule is c1ccc(-c2cc3c(s2)Sc2sc(-c4ccccc4)cc2S3)cc1. The first-order chi connectivity index (χ1) is 11.9. The highest BCUT2D eigenvalue weighted by atomic mass is 32.2. The maximum atomic E-state index is 2.34. The van der Waals surface area contributed by atoms with Crippen LogP contribution in [0.15, 0.2) is 91.0 Å². The molecule has 0 fully saturated rings. The Morgan fingerprint density at radius 1 is 0.500 bits per heavy atom. The monoisotopic (exact) mass is 380 g/mol. The molecule has 0 nitrogen and oxygen atoms in total. The van der Waals surface area contributed by atoms with Crippen molar-refractivity contribution >= 4 is 46.2 Å². The Balaban J connectivity index is 1.49. The molecule has 0 atom stereocenters. The molecule has 116 valence electrons. The van der Waals surface area contributed by atoms with E-state index in [0.717, 1.165) is 0 Å². The molecule has 2 aromatic carbocycles. The van der Waals surface area contributed by atoms with Crippen LogP contribution < -0.4 is 0 Å². The highest BCUT2D eigenvalue weighted by Crippen LogP contribution is 2.57. The summed E-state index contributed by atoms with van der Waals surface area (Å²) in [5, 5.41) is 0. The number of fused-ring (bicyclic) bond motifs is 2. The van der Waals surface area contributed by atoms with Gasteiger partial charge in [-0.15, -0.1) is 22.7 Å². The maximum absolute atomic E-state index is 2.34. The molecular formula is C20H12S4. The minimum Gasteiger partial charge on any atom is -0.127 e. The van der Waals surface area contributed by atoms with Gasteiger partial charge in [-0.2, -0.15) is 0 Å².